The van der Waals surface area contributed by atoms with Crippen LogP contribution in [-0.2, 0) is 38.7 Å². The normalized spacial score (nSPS) is 10.6. The maximum atomic E-state index is 10.9. The number of hydrogen-bond donors (Lipinski definition) is 1. The van der Waals surface area contributed by atoms with Crippen molar-refractivity contribution in [1.29, 1.82) is 0 Å². The average molecular weight is 284 g/mol. The SMILES string of the molecule is CCOC(=O)CC(=O)OCOC(=O)CS(=O)(=O)O. The zero-order chi connectivity index (χ0) is 14.2. The van der Waals surface area contributed by atoms with Crippen LogP contribution >= 0.6 is 0 Å². The summed E-state index contributed by atoms with van der Waals surface area (Å²) in [6.07, 6.45) is -0.649. The van der Waals surface area contributed by atoms with E-state index in [2.05, 4.69) is 14.2 Å². The zero-order valence-corrected chi connectivity index (χ0v) is 10.3. The standard InChI is InChI=1S/C8H12O9S/c1-2-15-6(9)3-7(10)16-5-17-8(11)4-18(12,13)14/h2-5H2,1H3,(H,12,13,14). The molecule has 0 rings (SSSR count). The Morgan fingerprint density at radius 3 is 2.00 bits per heavy atom. The van der Waals surface area contributed by atoms with E-state index in [4.69, 9.17) is 4.55 Å². The van der Waals surface area contributed by atoms with Gasteiger partial charge < -0.3 is 14.2 Å². The highest BCUT2D eigenvalue weighted by Crippen LogP contribution is 1.93. The lowest BCUT2D eigenvalue weighted by Crippen LogP contribution is -2.21. The van der Waals surface area contributed by atoms with Gasteiger partial charge in [0.1, 0.15) is 6.42 Å². The van der Waals surface area contributed by atoms with Crippen LogP contribution in [0.5, 0.6) is 0 Å². The Bertz CT molecular complexity index is 410. The van der Waals surface area contributed by atoms with Crippen molar-refractivity contribution in [1.82, 2.24) is 0 Å². The van der Waals surface area contributed by atoms with Crippen molar-refractivity contribution in [2.75, 3.05) is 19.2 Å². The average Bonchev–Trinajstić information content (AvgIpc) is 2.14. The van der Waals surface area contributed by atoms with Gasteiger partial charge >= 0.3 is 17.9 Å². The van der Waals surface area contributed by atoms with E-state index >= 15 is 0 Å². The number of carbonyl (C=O) groups is 3. The molecule has 0 aromatic carbocycles. The second-order valence-corrected chi connectivity index (χ2v) is 4.31. The van der Waals surface area contributed by atoms with Crippen LogP contribution in [0.25, 0.3) is 0 Å². The molecule has 0 saturated heterocycles. The molecule has 0 heterocycles. The molecule has 0 aliphatic rings. The third kappa shape index (κ3) is 9.54. The third-order valence-electron chi connectivity index (χ3n) is 1.33. The molecule has 1 N–H and O–H groups in total. The first-order valence-electron chi connectivity index (χ1n) is 4.66. The van der Waals surface area contributed by atoms with Crippen molar-refractivity contribution in [2.45, 2.75) is 13.3 Å². The molecular formula is C8H12O9S. The van der Waals surface area contributed by atoms with Gasteiger partial charge in [-0.3, -0.25) is 18.9 Å². The van der Waals surface area contributed by atoms with Gasteiger partial charge in [-0.15, -0.1) is 0 Å². The van der Waals surface area contributed by atoms with Gasteiger partial charge in [0.15, 0.2) is 5.75 Å². The van der Waals surface area contributed by atoms with Crippen LogP contribution in [0.15, 0.2) is 0 Å². The van der Waals surface area contributed by atoms with Crippen LogP contribution < -0.4 is 0 Å². The lowest BCUT2D eigenvalue weighted by atomic mass is 10.4. The van der Waals surface area contributed by atoms with Gasteiger partial charge in [-0.1, -0.05) is 0 Å². The van der Waals surface area contributed by atoms with Crippen LogP contribution in [0.3, 0.4) is 0 Å². The van der Waals surface area contributed by atoms with E-state index in [1.165, 1.54) is 0 Å². The maximum Gasteiger partial charge on any atom is 0.326 e. The number of rotatable bonds is 7. The van der Waals surface area contributed by atoms with Gasteiger partial charge in [0.25, 0.3) is 10.1 Å². The smallest absolute Gasteiger partial charge is 0.326 e. The number of hydrogen-bond acceptors (Lipinski definition) is 8. The highest BCUT2D eigenvalue weighted by molar-refractivity contribution is 7.86. The summed E-state index contributed by atoms with van der Waals surface area (Å²) in [6.45, 7) is 0.808. The van der Waals surface area contributed by atoms with E-state index in [0.29, 0.717) is 0 Å². The molecule has 0 unspecified atom stereocenters. The first-order valence-corrected chi connectivity index (χ1v) is 6.27. The molecule has 0 fully saturated rings. The predicted molar refractivity (Wildman–Crippen MR) is 54.7 cm³/mol. The fourth-order valence-corrected chi connectivity index (χ4v) is 1.11. The van der Waals surface area contributed by atoms with E-state index in [1.54, 1.807) is 6.92 Å². The zero-order valence-electron chi connectivity index (χ0n) is 9.45. The van der Waals surface area contributed by atoms with Gasteiger partial charge in [-0.05, 0) is 6.92 Å². The van der Waals surface area contributed by atoms with Gasteiger partial charge in [0.2, 0.25) is 6.79 Å². The molecule has 0 amide bonds. The molecule has 10 heteroatoms. The molecule has 0 aliphatic heterocycles. The lowest BCUT2D eigenvalue weighted by molar-refractivity contribution is -0.167. The van der Waals surface area contributed by atoms with Gasteiger partial charge in [0.05, 0.1) is 6.61 Å². The molecule has 0 saturated carbocycles. The number of ether oxygens (including phenoxy) is 3. The Hall–Kier alpha value is -1.68. The highest BCUT2D eigenvalue weighted by atomic mass is 32.2. The molecule has 0 aromatic rings. The van der Waals surface area contributed by atoms with Crippen LogP contribution in [0, 0.1) is 0 Å². The first-order chi connectivity index (χ1) is 8.24. The molecule has 0 aliphatic carbocycles. The fourth-order valence-electron chi connectivity index (χ4n) is 0.732. The van der Waals surface area contributed by atoms with Gasteiger partial charge in [-0.25, -0.2) is 0 Å². The van der Waals surface area contributed by atoms with E-state index in [1.807, 2.05) is 0 Å². The van der Waals surface area contributed by atoms with Crippen molar-refractivity contribution < 1.29 is 41.6 Å². The van der Waals surface area contributed by atoms with E-state index < -0.39 is 47.0 Å². The van der Waals surface area contributed by atoms with Crippen LogP contribution in [0.1, 0.15) is 13.3 Å². The summed E-state index contributed by atoms with van der Waals surface area (Å²) in [5.74, 6) is -4.33. The minimum atomic E-state index is -4.49. The Kier molecular flexibility index (Phi) is 6.90. The molecular weight excluding hydrogens is 272 g/mol. The summed E-state index contributed by atoms with van der Waals surface area (Å²) in [5.41, 5.74) is 0. The van der Waals surface area contributed by atoms with Crippen LogP contribution in [0.4, 0.5) is 0 Å². The lowest BCUT2D eigenvalue weighted by Gasteiger charge is -2.05. The molecule has 18 heavy (non-hydrogen) atoms. The summed E-state index contributed by atoms with van der Waals surface area (Å²) in [7, 11) is -4.49. The summed E-state index contributed by atoms with van der Waals surface area (Å²) in [5, 5.41) is 0. The largest absolute Gasteiger partial charge is 0.466 e. The predicted octanol–water partition coefficient (Wildman–Crippen LogP) is -1.13. The van der Waals surface area contributed by atoms with Crippen molar-refractivity contribution in [2.24, 2.45) is 0 Å². The van der Waals surface area contributed by atoms with E-state index in [-0.39, 0.29) is 6.61 Å². The summed E-state index contributed by atoms with van der Waals surface area (Å²) in [4.78, 5) is 32.4. The molecule has 0 radical (unpaired) electrons. The van der Waals surface area contributed by atoms with Gasteiger partial charge in [-0.2, -0.15) is 8.42 Å². The van der Waals surface area contributed by atoms with Crippen molar-refractivity contribution in [3.63, 3.8) is 0 Å². The monoisotopic (exact) mass is 284 g/mol. The number of carbonyl (C=O) groups excluding carboxylic acids is 3. The summed E-state index contributed by atoms with van der Waals surface area (Å²) < 4.78 is 41.6. The molecule has 0 aromatic heterocycles. The Labute approximate surface area is 103 Å². The van der Waals surface area contributed by atoms with E-state index in [9.17, 15) is 22.8 Å². The number of esters is 3. The fraction of sp³-hybridized carbons (Fsp3) is 0.625. The Balaban J connectivity index is 3.81. The Morgan fingerprint density at radius 1 is 1.00 bits per heavy atom. The molecule has 0 spiro atoms. The van der Waals surface area contributed by atoms with Crippen molar-refractivity contribution >= 4 is 28.0 Å². The van der Waals surface area contributed by atoms with Crippen molar-refractivity contribution in [3.8, 4) is 0 Å². The second-order valence-electron chi connectivity index (χ2n) is 2.86. The second kappa shape index (κ2) is 7.61. The quantitative estimate of drug-likeness (QED) is 0.267. The maximum absolute atomic E-state index is 10.9. The van der Waals surface area contributed by atoms with Gasteiger partial charge in [0, 0.05) is 0 Å². The minimum absolute atomic E-state index is 0.107. The topological polar surface area (TPSA) is 133 Å². The summed E-state index contributed by atoms with van der Waals surface area (Å²) >= 11 is 0. The van der Waals surface area contributed by atoms with Crippen LogP contribution in [-0.4, -0.2) is 50.0 Å². The van der Waals surface area contributed by atoms with Crippen molar-refractivity contribution in [3.05, 3.63) is 0 Å². The van der Waals surface area contributed by atoms with E-state index in [0.717, 1.165) is 0 Å². The minimum Gasteiger partial charge on any atom is -0.466 e. The molecule has 0 bridgehead atoms. The first kappa shape index (κ1) is 16.3. The molecule has 9 nitrogen and oxygen atoms in total. The Morgan fingerprint density at radius 2 is 1.50 bits per heavy atom. The highest BCUT2D eigenvalue weighted by Gasteiger charge is 2.16. The van der Waals surface area contributed by atoms with Crippen LogP contribution in [0.2, 0.25) is 0 Å². The molecule has 104 valence electrons. The third-order valence-corrected chi connectivity index (χ3v) is 1.93. The molecule has 0 atom stereocenters. The summed E-state index contributed by atoms with van der Waals surface area (Å²) in [6, 6.07) is 0.